The number of alkyl halides is 6. The third-order valence-corrected chi connectivity index (χ3v) is 6.97. The van der Waals surface area contributed by atoms with E-state index in [2.05, 4.69) is 15.0 Å². The zero-order valence-corrected chi connectivity index (χ0v) is 22.8. The van der Waals surface area contributed by atoms with Crippen LogP contribution in [0.4, 0.5) is 42.5 Å². The largest absolute Gasteiger partial charge is 0.481 e. The topological polar surface area (TPSA) is 129 Å². The maximum absolute atomic E-state index is 13.4. The minimum atomic E-state index is -5.01. The average molecular weight is 599 g/mol. The van der Waals surface area contributed by atoms with Crippen LogP contribution in [0.2, 0.25) is 0 Å². The van der Waals surface area contributed by atoms with Gasteiger partial charge in [0.1, 0.15) is 11.5 Å². The number of benzene rings is 1. The number of nitrogens with zero attached hydrogens (tertiary/aromatic N) is 4. The number of hydrogen-bond acceptors (Lipinski definition) is 8. The SMILES string of the molecule is CCOC(=O)N1c2ccc(OC)nc2[C@@H](c2ncc(N)c(Cc3cc(C(F)(F)F)cc(C(F)(F)F)c3)n2)C[C@@]1(N)CC. The summed E-state index contributed by atoms with van der Waals surface area (Å²) in [6.45, 7) is 3.51. The van der Waals surface area contributed by atoms with E-state index in [0.29, 0.717) is 23.5 Å². The number of carbonyl (C=O) groups is 1. The van der Waals surface area contributed by atoms with E-state index < -0.39 is 47.6 Å². The van der Waals surface area contributed by atoms with Gasteiger partial charge in [-0.1, -0.05) is 6.92 Å². The molecule has 0 saturated heterocycles. The molecule has 1 aliphatic heterocycles. The van der Waals surface area contributed by atoms with Crippen molar-refractivity contribution in [2.45, 2.75) is 57.0 Å². The van der Waals surface area contributed by atoms with Gasteiger partial charge in [0.2, 0.25) is 5.88 Å². The lowest BCUT2D eigenvalue weighted by Gasteiger charge is -2.46. The Morgan fingerprint density at radius 2 is 1.71 bits per heavy atom. The summed E-state index contributed by atoms with van der Waals surface area (Å²) in [5.41, 5.74) is 8.86. The summed E-state index contributed by atoms with van der Waals surface area (Å²) >= 11 is 0. The summed E-state index contributed by atoms with van der Waals surface area (Å²) < 4.78 is 91.0. The number of ether oxygens (including phenoxy) is 2. The van der Waals surface area contributed by atoms with Crippen LogP contribution in [0.25, 0.3) is 0 Å². The van der Waals surface area contributed by atoms with E-state index in [1.807, 2.05) is 0 Å². The van der Waals surface area contributed by atoms with Gasteiger partial charge in [0, 0.05) is 12.5 Å². The fourth-order valence-electron chi connectivity index (χ4n) is 4.84. The molecular weight excluding hydrogens is 570 g/mol. The summed E-state index contributed by atoms with van der Waals surface area (Å²) in [7, 11) is 1.40. The second kappa shape index (κ2) is 11.3. The highest BCUT2D eigenvalue weighted by Gasteiger charge is 2.47. The quantitative estimate of drug-likeness (QED) is 0.348. The minimum Gasteiger partial charge on any atom is -0.481 e. The summed E-state index contributed by atoms with van der Waals surface area (Å²) in [5.74, 6) is -0.434. The van der Waals surface area contributed by atoms with Crippen molar-refractivity contribution in [3.63, 3.8) is 0 Å². The molecule has 9 nitrogen and oxygen atoms in total. The molecule has 0 bridgehead atoms. The zero-order chi connectivity index (χ0) is 31.0. The Balaban J connectivity index is 1.83. The Bertz CT molecular complexity index is 1450. The lowest BCUT2D eigenvalue weighted by atomic mass is 9.83. The van der Waals surface area contributed by atoms with E-state index in [-0.39, 0.29) is 54.2 Å². The normalized spacial score (nSPS) is 18.9. The first-order valence-electron chi connectivity index (χ1n) is 12.8. The highest BCUT2D eigenvalue weighted by atomic mass is 19.4. The van der Waals surface area contributed by atoms with Gasteiger partial charge in [-0.05, 0) is 49.6 Å². The molecule has 2 atom stereocenters. The molecule has 0 unspecified atom stereocenters. The maximum Gasteiger partial charge on any atom is 0.416 e. The van der Waals surface area contributed by atoms with Crippen LogP contribution in [0, 0.1) is 0 Å². The van der Waals surface area contributed by atoms with Gasteiger partial charge >= 0.3 is 18.4 Å². The van der Waals surface area contributed by atoms with Crippen LogP contribution < -0.4 is 21.1 Å². The Kier molecular flexibility index (Phi) is 8.27. The van der Waals surface area contributed by atoms with Crippen LogP contribution in [-0.2, 0) is 23.5 Å². The van der Waals surface area contributed by atoms with E-state index in [1.54, 1.807) is 19.9 Å². The zero-order valence-electron chi connectivity index (χ0n) is 22.8. The monoisotopic (exact) mass is 598 g/mol. The third kappa shape index (κ3) is 6.05. The molecule has 1 amide bonds. The fourth-order valence-corrected chi connectivity index (χ4v) is 4.84. The van der Waals surface area contributed by atoms with Gasteiger partial charge in [-0.2, -0.15) is 26.3 Å². The highest BCUT2D eigenvalue weighted by Crippen LogP contribution is 2.45. The molecule has 4 N–H and O–H groups in total. The van der Waals surface area contributed by atoms with Gasteiger partial charge < -0.3 is 20.9 Å². The van der Waals surface area contributed by atoms with Crippen LogP contribution in [0.5, 0.6) is 5.88 Å². The molecule has 3 heterocycles. The Morgan fingerprint density at radius 1 is 1.07 bits per heavy atom. The maximum atomic E-state index is 13.4. The highest BCUT2D eigenvalue weighted by molar-refractivity contribution is 5.91. The molecule has 1 aromatic carbocycles. The molecule has 15 heteroatoms. The number of nitrogens with two attached hydrogens (primary N) is 2. The second-order valence-corrected chi connectivity index (χ2v) is 9.73. The number of carbonyl (C=O) groups excluding carboxylic acids is 1. The molecule has 3 aromatic rings. The minimum absolute atomic E-state index is 0.00355. The van der Waals surface area contributed by atoms with E-state index in [0.717, 1.165) is 0 Å². The number of hydrogen-bond donors (Lipinski definition) is 2. The first-order chi connectivity index (χ1) is 19.6. The lowest BCUT2D eigenvalue weighted by molar-refractivity contribution is -0.143. The average Bonchev–Trinajstić information content (AvgIpc) is 2.92. The summed E-state index contributed by atoms with van der Waals surface area (Å²) in [4.78, 5) is 27.6. The van der Waals surface area contributed by atoms with Crippen LogP contribution in [-0.4, -0.2) is 40.4 Å². The van der Waals surface area contributed by atoms with E-state index >= 15 is 0 Å². The van der Waals surface area contributed by atoms with Crippen LogP contribution in [0.3, 0.4) is 0 Å². The molecular formula is C27H28F6N6O3. The van der Waals surface area contributed by atoms with Gasteiger partial charge in [0.25, 0.3) is 0 Å². The molecule has 0 fully saturated rings. The standard InChI is InChI=1S/C27H28F6N6O3/c1-4-25(35)12-17(22-20(6-7-21(38-22)41-3)39(25)24(40)42-5-2)23-36-13-18(34)19(37-23)10-14-8-15(26(28,29)30)11-16(9-14)27(31,32)33/h6-9,11,13,17H,4-5,10,12,34-35H2,1-3H3/t17-,25+/m0/s1. The first kappa shape index (κ1) is 30.8. The molecule has 0 saturated carbocycles. The van der Waals surface area contributed by atoms with Crippen molar-refractivity contribution >= 4 is 17.5 Å². The molecule has 0 aliphatic carbocycles. The lowest BCUT2D eigenvalue weighted by Crippen LogP contribution is -2.61. The van der Waals surface area contributed by atoms with Crippen molar-refractivity contribution in [2.24, 2.45) is 5.73 Å². The summed E-state index contributed by atoms with van der Waals surface area (Å²) in [6.07, 6.45) is -9.61. The van der Waals surface area contributed by atoms with Crippen molar-refractivity contribution in [1.82, 2.24) is 15.0 Å². The Hall–Kier alpha value is -4.14. The smallest absolute Gasteiger partial charge is 0.416 e. The number of amides is 1. The van der Waals surface area contributed by atoms with Gasteiger partial charge in [-0.25, -0.2) is 19.7 Å². The molecule has 0 spiro atoms. The van der Waals surface area contributed by atoms with Crippen molar-refractivity contribution in [1.29, 1.82) is 0 Å². The van der Waals surface area contributed by atoms with Crippen molar-refractivity contribution in [3.8, 4) is 5.88 Å². The molecule has 1 aliphatic rings. The number of halogens is 6. The number of fused-ring (bicyclic) bond motifs is 1. The number of anilines is 2. The summed E-state index contributed by atoms with van der Waals surface area (Å²) in [6, 6.07) is 4.42. The first-order valence-corrected chi connectivity index (χ1v) is 12.8. The van der Waals surface area contributed by atoms with Gasteiger partial charge in [0.15, 0.2) is 0 Å². The van der Waals surface area contributed by atoms with Gasteiger partial charge in [-0.15, -0.1) is 0 Å². The van der Waals surface area contributed by atoms with Crippen molar-refractivity contribution in [2.75, 3.05) is 24.4 Å². The van der Waals surface area contributed by atoms with Gasteiger partial charge in [0.05, 0.1) is 59.7 Å². The molecule has 42 heavy (non-hydrogen) atoms. The molecule has 0 radical (unpaired) electrons. The number of rotatable bonds is 6. The van der Waals surface area contributed by atoms with E-state index in [9.17, 15) is 31.1 Å². The number of nitrogen functional groups attached to an aromatic ring is 1. The predicted molar refractivity (Wildman–Crippen MR) is 140 cm³/mol. The second-order valence-electron chi connectivity index (χ2n) is 9.73. The summed E-state index contributed by atoms with van der Waals surface area (Å²) in [5, 5.41) is 0. The number of methoxy groups -OCH3 is 1. The molecule has 2 aromatic heterocycles. The van der Waals surface area contributed by atoms with Gasteiger partial charge in [-0.3, -0.25) is 4.90 Å². The molecule has 4 rings (SSSR count). The third-order valence-electron chi connectivity index (χ3n) is 6.97. The number of aromatic nitrogens is 3. The van der Waals surface area contributed by atoms with Crippen molar-refractivity contribution in [3.05, 3.63) is 70.4 Å². The number of pyridine rings is 1. The van der Waals surface area contributed by atoms with Crippen molar-refractivity contribution < 1.29 is 40.6 Å². The van der Waals surface area contributed by atoms with Crippen LogP contribution in [0.1, 0.15) is 66.5 Å². The fraction of sp³-hybridized carbons (Fsp3) is 0.407. The predicted octanol–water partition coefficient (Wildman–Crippen LogP) is 5.65. The van der Waals surface area contributed by atoms with Crippen LogP contribution in [0.15, 0.2) is 36.5 Å². The van der Waals surface area contributed by atoms with Crippen LogP contribution >= 0.6 is 0 Å². The van der Waals surface area contributed by atoms with E-state index in [1.165, 1.54) is 24.3 Å². The van der Waals surface area contributed by atoms with E-state index in [4.69, 9.17) is 20.9 Å². The molecule has 226 valence electrons. The Morgan fingerprint density at radius 3 is 2.26 bits per heavy atom. The Labute approximate surface area is 236 Å².